The van der Waals surface area contributed by atoms with E-state index < -0.39 is 42.2 Å². The van der Waals surface area contributed by atoms with E-state index in [0.717, 1.165) is 16.7 Å². The van der Waals surface area contributed by atoms with Crippen molar-refractivity contribution < 1.29 is 24.2 Å². The highest BCUT2D eigenvalue weighted by atomic mass is 16.6. The Morgan fingerprint density at radius 2 is 1.75 bits per heavy atom. The predicted octanol–water partition coefficient (Wildman–Crippen LogP) is 4.19. The van der Waals surface area contributed by atoms with Gasteiger partial charge in [-0.05, 0) is 64.3 Å². The van der Waals surface area contributed by atoms with Crippen LogP contribution in [0.5, 0.6) is 0 Å². The molecule has 0 saturated heterocycles. The zero-order valence-electron chi connectivity index (χ0n) is 21.9. The second-order valence-corrected chi connectivity index (χ2v) is 9.73. The van der Waals surface area contributed by atoms with Gasteiger partial charge in [-0.3, -0.25) is 9.59 Å². The average molecular weight is 496 g/mol. The van der Waals surface area contributed by atoms with E-state index >= 15 is 0 Å². The standard InChI is InChI=1S/C28H37N3O5/c1-8-15-31(26(34)23(17-32)30-27(35)36-28(5,6)7)24(21-14-13-18(2)16-20(21)4)25(33)29-22-12-10-9-11-19(22)3/h8-14,16,23-24,32H,1,15,17H2,2-7H3,(H,29,33)(H,30,35). The van der Waals surface area contributed by atoms with Crippen molar-refractivity contribution in [3.63, 3.8) is 0 Å². The molecule has 36 heavy (non-hydrogen) atoms. The van der Waals surface area contributed by atoms with E-state index in [-0.39, 0.29) is 6.54 Å². The number of para-hydroxylation sites is 1. The summed E-state index contributed by atoms with van der Waals surface area (Å²) in [6, 6.07) is 10.6. The maximum Gasteiger partial charge on any atom is 0.408 e. The molecule has 0 heterocycles. The number of carbonyl (C=O) groups is 3. The normalized spacial score (nSPS) is 12.8. The van der Waals surface area contributed by atoms with Crippen LogP contribution in [-0.4, -0.2) is 52.7 Å². The first-order valence-electron chi connectivity index (χ1n) is 11.8. The number of aliphatic hydroxyl groups excluding tert-OH is 1. The molecule has 3 N–H and O–H groups in total. The summed E-state index contributed by atoms with van der Waals surface area (Å²) in [5.74, 6) is -1.08. The van der Waals surface area contributed by atoms with Crippen molar-refractivity contribution in [3.8, 4) is 0 Å². The van der Waals surface area contributed by atoms with Crippen LogP contribution < -0.4 is 10.6 Å². The third-order valence-electron chi connectivity index (χ3n) is 5.46. The summed E-state index contributed by atoms with van der Waals surface area (Å²) in [7, 11) is 0. The lowest BCUT2D eigenvalue weighted by Crippen LogP contribution is -2.54. The SMILES string of the molecule is C=CCN(C(=O)C(CO)NC(=O)OC(C)(C)C)C(C(=O)Nc1ccccc1C)c1ccc(C)cc1C. The summed E-state index contributed by atoms with van der Waals surface area (Å²) < 4.78 is 5.25. The summed E-state index contributed by atoms with van der Waals surface area (Å²) in [6.07, 6.45) is 0.651. The van der Waals surface area contributed by atoms with Gasteiger partial charge in [0.1, 0.15) is 17.7 Å². The average Bonchev–Trinajstić information content (AvgIpc) is 2.78. The van der Waals surface area contributed by atoms with Crippen LogP contribution in [0, 0.1) is 20.8 Å². The number of benzene rings is 2. The Bertz CT molecular complexity index is 1110. The number of nitrogens with one attached hydrogen (secondary N) is 2. The summed E-state index contributed by atoms with van der Waals surface area (Å²) in [5.41, 5.74) is 3.15. The number of carbonyl (C=O) groups excluding carboxylic acids is 3. The van der Waals surface area contributed by atoms with Crippen LogP contribution in [0.3, 0.4) is 0 Å². The van der Waals surface area contributed by atoms with Gasteiger partial charge in [0.2, 0.25) is 5.91 Å². The first-order valence-corrected chi connectivity index (χ1v) is 11.8. The highest BCUT2D eigenvalue weighted by Gasteiger charge is 2.36. The van der Waals surface area contributed by atoms with E-state index in [2.05, 4.69) is 17.2 Å². The van der Waals surface area contributed by atoms with Crippen LogP contribution in [0.2, 0.25) is 0 Å². The molecule has 2 aromatic rings. The third kappa shape index (κ3) is 7.68. The molecule has 3 amide bonds. The first kappa shape index (κ1) is 28.6. The number of amides is 3. The maximum absolute atomic E-state index is 13.7. The van der Waals surface area contributed by atoms with Crippen molar-refractivity contribution in [1.82, 2.24) is 10.2 Å². The van der Waals surface area contributed by atoms with Crippen LogP contribution in [0.15, 0.2) is 55.1 Å². The number of alkyl carbamates (subject to hydrolysis) is 1. The summed E-state index contributed by atoms with van der Waals surface area (Å²) >= 11 is 0. The lowest BCUT2D eigenvalue weighted by atomic mass is 9.96. The van der Waals surface area contributed by atoms with Crippen LogP contribution in [0.25, 0.3) is 0 Å². The van der Waals surface area contributed by atoms with Gasteiger partial charge < -0.3 is 25.4 Å². The minimum absolute atomic E-state index is 0.00447. The van der Waals surface area contributed by atoms with Crippen molar-refractivity contribution in [1.29, 1.82) is 0 Å². The molecule has 8 heteroatoms. The second-order valence-electron chi connectivity index (χ2n) is 9.73. The zero-order valence-corrected chi connectivity index (χ0v) is 21.9. The van der Waals surface area contributed by atoms with Crippen LogP contribution >= 0.6 is 0 Å². The highest BCUT2D eigenvalue weighted by Crippen LogP contribution is 2.28. The van der Waals surface area contributed by atoms with Crippen molar-refractivity contribution in [2.45, 2.75) is 59.2 Å². The molecule has 0 saturated carbocycles. The Kier molecular flexibility index (Phi) is 9.81. The fourth-order valence-corrected chi connectivity index (χ4v) is 3.79. The third-order valence-corrected chi connectivity index (χ3v) is 5.46. The summed E-state index contributed by atoms with van der Waals surface area (Å²) in [6.45, 7) is 13.8. The molecular formula is C28H37N3O5. The second kappa shape index (κ2) is 12.4. The summed E-state index contributed by atoms with van der Waals surface area (Å²) in [5, 5.41) is 15.3. The molecule has 0 bridgehead atoms. The molecule has 0 spiro atoms. The van der Waals surface area contributed by atoms with Gasteiger partial charge >= 0.3 is 6.09 Å². The number of rotatable bonds is 9. The van der Waals surface area contributed by atoms with E-state index in [9.17, 15) is 19.5 Å². The number of aliphatic hydroxyl groups is 1. The first-order chi connectivity index (χ1) is 16.9. The van der Waals surface area contributed by atoms with Crippen LogP contribution in [0.4, 0.5) is 10.5 Å². The maximum atomic E-state index is 13.7. The predicted molar refractivity (Wildman–Crippen MR) is 141 cm³/mol. The molecule has 2 unspecified atom stereocenters. The van der Waals surface area contributed by atoms with Gasteiger partial charge in [-0.1, -0.05) is 48.0 Å². The van der Waals surface area contributed by atoms with Gasteiger partial charge in [0, 0.05) is 12.2 Å². The molecule has 0 aliphatic rings. The fourth-order valence-electron chi connectivity index (χ4n) is 3.79. The zero-order chi connectivity index (χ0) is 27.0. The van der Waals surface area contributed by atoms with Gasteiger partial charge in [0.05, 0.1) is 6.61 Å². The topological polar surface area (TPSA) is 108 Å². The molecule has 2 aromatic carbocycles. The molecule has 0 aliphatic carbocycles. The minimum Gasteiger partial charge on any atom is -0.444 e. The number of anilines is 1. The molecule has 0 radical (unpaired) electrons. The highest BCUT2D eigenvalue weighted by molar-refractivity contribution is 5.99. The van der Waals surface area contributed by atoms with Gasteiger partial charge in [-0.15, -0.1) is 6.58 Å². The number of hydrogen-bond donors (Lipinski definition) is 3. The number of hydrogen-bond acceptors (Lipinski definition) is 5. The Hall–Kier alpha value is -3.65. The minimum atomic E-state index is -1.32. The molecule has 194 valence electrons. The van der Waals surface area contributed by atoms with Gasteiger partial charge in [-0.25, -0.2) is 4.79 Å². The molecule has 8 nitrogen and oxygen atoms in total. The lowest BCUT2D eigenvalue weighted by molar-refractivity contribution is -0.140. The van der Waals surface area contributed by atoms with E-state index in [0.29, 0.717) is 11.3 Å². The van der Waals surface area contributed by atoms with Gasteiger partial charge in [0.15, 0.2) is 0 Å². The number of aryl methyl sites for hydroxylation is 3. The largest absolute Gasteiger partial charge is 0.444 e. The van der Waals surface area contributed by atoms with Gasteiger partial charge in [-0.2, -0.15) is 0 Å². The molecular weight excluding hydrogens is 458 g/mol. The van der Waals surface area contributed by atoms with E-state index in [1.54, 1.807) is 26.8 Å². The van der Waals surface area contributed by atoms with E-state index in [1.165, 1.54) is 11.0 Å². The molecule has 0 aromatic heterocycles. The Morgan fingerprint density at radius 1 is 1.08 bits per heavy atom. The molecule has 0 fully saturated rings. The van der Waals surface area contributed by atoms with E-state index in [1.807, 2.05) is 57.2 Å². The number of ether oxygens (including phenoxy) is 1. The summed E-state index contributed by atoms with van der Waals surface area (Å²) in [4.78, 5) is 41.0. The Morgan fingerprint density at radius 3 is 2.31 bits per heavy atom. The van der Waals surface area contributed by atoms with Crippen molar-refractivity contribution in [2.75, 3.05) is 18.5 Å². The lowest BCUT2D eigenvalue weighted by Gasteiger charge is -2.34. The molecule has 0 aliphatic heterocycles. The monoisotopic (exact) mass is 495 g/mol. The molecule has 2 atom stereocenters. The fraction of sp³-hybridized carbons (Fsp3) is 0.393. The van der Waals surface area contributed by atoms with Crippen LogP contribution in [-0.2, 0) is 14.3 Å². The number of nitrogens with zero attached hydrogens (tertiary/aromatic N) is 1. The molecule has 2 rings (SSSR count). The van der Waals surface area contributed by atoms with Crippen molar-refractivity contribution in [2.24, 2.45) is 0 Å². The van der Waals surface area contributed by atoms with Gasteiger partial charge in [0.25, 0.3) is 5.91 Å². The van der Waals surface area contributed by atoms with Crippen molar-refractivity contribution in [3.05, 3.63) is 77.4 Å². The smallest absolute Gasteiger partial charge is 0.408 e. The van der Waals surface area contributed by atoms with Crippen LogP contribution in [0.1, 0.15) is 49.1 Å². The quantitative estimate of drug-likeness (QED) is 0.452. The van der Waals surface area contributed by atoms with Crippen molar-refractivity contribution >= 4 is 23.6 Å². The Labute approximate surface area is 213 Å². The van der Waals surface area contributed by atoms with E-state index in [4.69, 9.17) is 4.74 Å². The Balaban J connectivity index is 2.50.